The molecular weight excluding hydrogens is 236 g/mol. The van der Waals surface area contributed by atoms with Crippen molar-refractivity contribution >= 4 is 0 Å². The number of nitrogens with one attached hydrogen (secondary N) is 1. The van der Waals surface area contributed by atoms with Gasteiger partial charge in [0, 0.05) is 24.8 Å². The molecule has 1 aliphatic rings. The lowest BCUT2D eigenvalue weighted by Crippen LogP contribution is -2.33. The highest BCUT2D eigenvalue weighted by Crippen LogP contribution is 2.20. The number of alkyl halides is 2. The fourth-order valence-corrected chi connectivity index (χ4v) is 2.23. The van der Waals surface area contributed by atoms with Crippen LogP contribution in [0, 0.1) is 5.92 Å². The summed E-state index contributed by atoms with van der Waals surface area (Å²) < 4.78 is 30.5. The van der Waals surface area contributed by atoms with E-state index in [1.54, 1.807) is 12.1 Å². The normalized spacial score (nSPS) is 21.4. The summed E-state index contributed by atoms with van der Waals surface area (Å²) in [6.45, 7) is 4.37. The maximum absolute atomic E-state index is 12.6. The molecule has 1 aromatic carbocycles. The van der Waals surface area contributed by atoms with Crippen molar-refractivity contribution in [3.63, 3.8) is 0 Å². The zero-order chi connectivity index (χ0) is 13.0. The molecule has 1 saturated heterocycles. The van der Waals surface area contributed by atoms with Crippen LogP contribution in [0.15, 0.2) is 24.3 Å². The zero-order valence-corrected chi connectivity index (χ0v) is 10.5. The lowest BCUT2D eigenvalue weighted by Gasteiger charge is -2.19. The van der Waals surface area contributed by atoms with Gasteiger partial charge in [0.1, 0.15) is 0 Å². The molecule has 0 radical (unpaired) electrons. The van der Waals surface area contributed by atoms with Gasteiger partial charge in [-0.2, -0.15) is 0 Å². The van der Waals surface area contributed by atoms with Crippen LogP contribution in [0.4, 0.5) is 8.78 Å². The Morgan fingerprint density at radius 1 is 1.44 bits per heavy atom. The summed E-state index contributed by atoms with van der Waals surface area (Å²) in [5.41, 5.74) is 0.990. The number of benzene rings is 1. The highest BCUT2D eigenvalue weighted by molar-refractivity contribution is 5.24. The summed E-state index contributed by atoms with van der Waals surface area (Å²) >= 11 is 0. The molecule has 100 valence electrons. The summed E-state index contributed by atoms with van der Waals surface area (Å²) in [5, 5.41) is 3.38. The van der Waals surface area contributed by atoms with Crippen LogP contribution in [0.3, 0.4) is 0 Å². The van der Waals surface area contributed by atoms with Crippen LogP contribution in [-0.2, 0) is 11.3 Å². The molecule has 1 fully saturated rings. The van der Waals surface area contributed by atoms with E-state index in [-0.39, 0.29) is 5.56 Å². The first-order valence-electron chi connectivity index (χ1n) is 6.35. The molecule has 0 aliphatic carbocycles. The molecule has 1 aliphatic heterocycles. The Balaban J connectivity index is 1.87. The van der Waals surface area contributed by atoms with Gasteiger partial charge in [0.25, 0.3) is 6.43 Å². The minimum absolute atomic E-state index is 0.0890. The quantitative estimate of drug-likeness (QED) is 0.872. The van der Waals surface area contributed by atoms with Crippen LogP contribution >= 0.6 is 0 Å². The first-order chi connectivity index (χ1) is 8.66. The fourth-order valence-electron chi connectivity index (χ4n) is 2.23. The molecule has 1 N–H and O–H groups in total. The van der Waals surface area contributed by atoms with E-state index in [9.17, 15) is 8.78 Å². The number of ether oxygens (including phenoxy) is 1. The minimum atomic E-state index is -2.40. The van der Waals surface area contributed by atoms with E-state index in [1.807, 2.05) is 6.07 Å². The Labute approximate surface area is 106 Å². The molecule has 2 unspecified atom stereocenters. The first-order valence-corrected chi connectivity index (χ1v) is 6.35. The Hall–Kier alpha value is -1.00. The summed E-state index contributed by atoms with van der Waals surface area (Å²) in [6, 6.07) is 6.93. The molecule has 0 amide bonds. The second kappa shape index (κ2) is 6.25. The number of hydrogen-bond acceptors (Lipinski definition) is 2. The van der Waals surface area contributed by atoms with Crippen molar-refractivity contribution in [1.29, 1.82) is 0 Å². The van der Waals surface area contributed by atoms with Gasteiger partial charge in [0.05, 0.1) is 6.61 Å². The Kier molecular flexibility index (Phi) is 4.66. The molecule has 0 bridgehead atoms. The molecule has 18 heavy (non-hydrogen) atoms. The predicted octanol–water partition coefficient (Wildman–Crippen LogP) is 3.14. The zero-order valence-electron chi connectivity index (χ0n) is 10.5. The molecule has 4 heteroatoms. The van der Waals surface area contributed by atoms with Gasteiger partial charge >= 0.3 is 0 Å². The van der Waals surface area contributed by atoms with E-state index in [1.165, 1.54) is 6.07 Å². The lowest BCUT2D eigenvalue weighted by molar-refractivity contribution is 0.151. The van der Waals surface area contributed by atoms with Gasteiger partial charge in [-0.3, -0.25) is 0 Å². The van der Waals surface area contributed by atoms with Crippen LogP contribution in [0.2, 0.25) is 0 Å². The summed E-state index contributed by atoms with van der Waals surface area (Å²) in [7, 11) is 0. The topological polar surface area (TPSA) is 21.3 Å². The average molecular weight is 255 g/mol. The summed E-state index contributed by atoms with van der Waals surface area (Å²) in [5.74, 6) is 0.531. The fraction of sp³-hybridized carbons (Fsp3) is 0.571. The average Bonchev–Trinajstić information content (AvgIpc) is 2.90. The molecule has 0 spiro atoms. The monoisotopic (exact) mass is 255 g/mol. The Bertz CT molecular complexity index is 378. The number of halogens is 2. The van der Waals surface area contributed by atoms with E-state index in [4.69, 9.17) is 4.74 Å². The van der Waals surface area contributed by atoms with Gasteiger partial charge < -0.3 is 10.1 Å². The smallest absolute Gasteiger partial charge is 0.263 e. The maximum Gasteiger partial charge on any atom is 0.263 e. The minimum Gasteiger partial charge on any atom is -0.381 e. The van der Waals surface area contributed by atoms with Crippen molar-refractivity contribution in [2.45, 2.75) is 32.4 Å². The van der Waals surface area contributed by atoms with E-state index in [0.29, 0.717) is 18.5 Å². The molecule has 1 heterocycles. The second-order valence-corrected chi connectivity index (χ2v) is 4.84. The van der Waals surface area contributed by atoms with Gasteiger partial charge in [0.15, 0.2) is 0 Å². The van der Waals surface area contributed by atoms with Crippen LogP contribution in [0.5, 0.6) is 0 Å². The molecular formula is C14H19F2NO. The van der Waals surface area contributed by atoms with E-state index < -0.39 is 6.43 Å². The Morgan fingerprint density at radius 3 is 2.94 bits per heavy atom. The molecule has 2 atom stereocenters. The van der Waals surface area contributed by atoms with Gasteiger partial charge in [-0.05, 0) is 30.9 Å². The molecule has 0 saturated carbocycles. The molecule has 2 rings (SSSR count). The first kappa shape index (κ1) is 13.4. The van der Waals surface area contributed by atoms with E-state index in [2.05, 4.69) is 12.2 Å². The van der Waals surface area contributed by atoms with Crippen LogP contribution in [0.25, 0.3) is 0 Å². The number of rotatable bonds is 5. The standard InChI is InChI=1S/C14H19F2NO/c1-10(13-5-6-18-9-13)17-8-11-3-2-4-12(7-11)14(15)16/h2-4,7,10,13-14,17H,5-6,8-9H2,1H3. The molecule has 2 nitrogen and oxygen atoms in total. The van der Waals surface area contributed by atoms with Gasteiger partial charge in [-0.15, -0.1) is 0 Å². The van der Waals surface area contributed by atoms with Crippen molar-refractivity contribution in [1.82, 2.24) is 5.32 Å². The van der Waals surface area contributed by atoms with Gasteiger partial charge in [-0.25, -0.2) is 8.78 Å². The van der Waals surface area contributed by atoms with E-state index >= 15 is 0 Å². The Morgan fingerprint density at radius 2 is 2.28 bits per heavy atom. The van der Waals surface area contributed by atoms with Crippen LogP contribution < -0.4 is 5.32 Å². The van der Waals surface area contributed by atoms with Crippen LogP contribution in [0.1, 0.15) is 30.9 Å². The van der Waals surface area contributed by atoms with Crippen molar-refractivity contribution < 1.29 is 13.5 Å². The summed E-state index contributed by atoms with van der Waals surface area (Å²) in [4.78, 5) is 0. The maximum atomic E-state index is 12.6. The third-order valence-electron chi connectivity index (χ3n) is 3.50. The second-order valence-electron chi connectivity index (χ2n) is 4.84. The summed E-state index contributed by atoms with van der Waals surface area (Å²) in [6.07, 6.45) is -1.32. The van der Waals surface area contributed by atoms with Crippen molar-refractivity contribution in [3.05, 3.63) is 35.4 Å². The van der Waals surface area contributed by atoms with Crippen molar-refractivity contribution in [2.75, 3.05) is 13.2 Å². The highest BCUT2D eigenvalue weighted by atomic mass is 19.3. The van der Waals surface area contributed by atoms with Crippen molar-refractivity contribution in [3.8, 4) is 0 Å². The van der Waals surface area contributed by atoms with Gasteiger partial charge in [0.2, 0.25) is 0 Å². The van der Waals surface area contributed by atoms with Crippen molar-refractivity contribution in [2.24, 2.45) is 5.92 Å². The largest absolute Gasteiger partial charge is 0.381 e. The lowest BCUT2D eigenvalue weighted by atomic mass is 10.0. The predicted molar refractivity (Wildman–Crippen MR) is 66.6 cm³/mol. The van der Waals surface area contributed by atoms with Gasteiger partial charge in [-0.1, -0.05) is 18.2 Å². The third kappa shape index (κ3) is 3.50. The molecule has 1 aromatic rings. The van der Waals surface area contributed by atoms with E-state index in [0.717, 1.165) is 25.2 Å². The molecule has 0 aromatic heterocycles. The number of hydrogen-bond donors (Lipinski definition) is 1. The van der Waals surface area contributed by atoms with Crippen LogP contribution in [-0.4, -0.2) is 19.3 Å². The third-order valence-corrected chi connectivity index (χ3v) is 3.50. The highest BCUT2D eigenvalue weighted by Gasteiger charge is 2.21. The SMILES string of the molecule is CC(NCc1cccc(C(F)F)c1)C1CCOC1.